The monoisotopic (exact) mass is 390 g/mol. The summed E-state index contributed by atoms with van der Waals surface area (Å²) in [5.74, 6) is 0.506. The van der Waals surface area contributed by atoms with Crippen molar-refractivity contribution in [2.24, 2.45) is 0 Å². The average Bonchev–Trinajstić information content (AvgIpc) is 2.70. The zero-order chi connectivity index (χ0) is 19.6. The third-order valence-corrected chi connectivity index (χ3v) is 4.52. The summed E-state index contributed by atoms with van der Waals surface area (Å²) in [6, 6.07) is 10.1. The number of methoxy groups -OCH3 is 2. The number of ether oxygens (including phenoxy) is 3. The first-order valence-electron chi connectivity index (χ1n) is 8.20. The molecule has 1 aliphatic rings. The second-order valence-corrected chi connectivity index (χ2v) is 6.21. The first-order valence-corrected chi connectivity index (χ1v) is 8.58. The van der Waals surface area contributed by atoms with E-state index in [9.17, 15) is 9.59 Å². The largest absolute Gasteiger partial charge is 0.493 e. The van der Waals surface area contributed by atoms with Crippen LogP contribution in [0.5, 0.6) is 17.2 Å². The fraction of sp³-hybridized carbons (Fsp3) is 0.263. The minimum atomic E-state index is -0.815. The summed E-state index contributed by atoms with van der Waals surface area (Å²) in [6.45, 7) is 0.0709. The van der Waals surface area contributed by atoms with Crippen molar-refractivity contribution in [2.75, 3.05) is 32.7 Å². The van der Waals surface area contributed by atoms with Crippen LogP contribution in [0.1, 0.15) is 10.4 Å². The van der Waals surface area contributed by atoms with Gasteiger partial charge in [-0.25, -0.2) is 0 Å². The summed E-state index contributed by atoms with van der Waals surface area (Å²) in [5, 5.41) is 2.80. The van der Waals surface area contributed by atoms with E-state index in [1.807, 2.05) is 0 Å². The maximum Gasteiger partial charge on any atom is 0.262 e. The lowest BCUT2D eigenvalue weighted by Crippen LogP contribution is -2.50. The fourth-order valence-corrected chi connectivity index (χ4v) is 3.21. The molecule has 2 amide bonds. The third-order valence-electron chi connectivity index (χ3n) is 4.24. The van der Waals surface area contributed by atoms with Crippen molar-refractivity contribution >= 4 is 29.1 Å². The van der Waals surface area contributed by atoms with Crippen LogP contribution in [0.25, 0.3) is 0 Å². The summed E-state index contributed by atoms with van der Waals surface area (Å²) in [4.78, 5) is 26.8. The van der Waals surface area contributed by atoms with Gasteiger partial charge in [-0.3, -0.25) is 9.59 Å². The molecular weight excluding hydrogens is 372 g/mol. The maximum atomic E-state index is 13.2. The van der Waals surface area contributed by atoms with E-state index in [0.717, 1.165) is 0 Å². The van der Waals surface area contributed by atoms with Gasteiger partial charge in [-0.05, 0) is 24.3 Å². The van der Waals surface area contributed by atoms with Crippen LogP contribution >= 0.6 is 11.6 Å². The Morgan fingerprint density at radius 1 is 1.22 bits per heavy atom. The van der Waals surface area contributed by atoms with E-state index >= 15 is 0 Å². The highest BCUT2D eigenvalue weighted by atomic mass is 35.5. The van der Waals surface area contributed by atoms with Crippen molar-refractivity contribution in [3.63, 3.8) is 0 Å². The number of carbonyl (C=O) groups is 2. The minimum absolute atomic E-state index is 0.0709. The van der Waals surface area contributed by atoms with Gasteiger partial charge in [0.25, 0.3) is 11.8 Å². The van der Waals surface area contributed by atoms with E-state index in [1.54, 1.807) is 30.3 Å². The lowest BCUT2D eigenvalue weighted by molar-refractivity contribution is -0.127. The third kappa shape index (κ3) is 3.50. The number of nitrogens with zero attached hydrogens (tertiary/aromatic N) is 1. The average molecular weight is 391 g/mol. The number of nitrogens with one attached hydrogen (secondary N) is 1. The van der Waals surface area contributed by atoms with Gasteiger partial charge in [0.15, 0.2) is 17.6 Å². The van der Waals surface area contributed by atoms with Crippen LogP contribution in [0, 0.1) is 0 Å². The molecule has 0 saturated heterocycles. The molecule has 3 rings (SSSR count). The summed E-state index contributed by atoms with van der Waals surface area (Å²) in [7, 11) is 4.46. The molecular formula is C19H19ClN2O5. The number of amides is 2. The molecule has 1 atom stereocenters. The Bertz CT molecular complexity index is 886. The maximum absolute atomic E-state index is 13.2. The van der Waals surface area contributed by atoms with Crippen LogP contribution in [0.3, 0.4) is 0 Å². The number of likely N-dealkylation sites (N-methyl/N-ethyl adjacent to an activating group) is 1. The van der Waals surface area contributed by atoms with Gasteiger partial charge in [-0.2, -0.15) is 0 Å². The summed E-state index contributed by atoms with van der Waals surface area (Å²) in [6.07, 6.45) is -0.815. The van der Waals surface area contributed by atoms with Gasteiger partial charge in [-0.1, -0.05) is 23.7 Å². The molecule has 2 aromatic rings. The molecule has 0 bridgehead atoms. The molecule has 2 aromatic carbocycles. The zero-order valence-electron chi connectivity index (χ0n) is 15.1. The van der Waals surface area contributed by atoms with Crippen molar-refractivity contribution in [2.45, 2.75) is 6.10 Å². The highest BCUT2D eigenvalue weighted by Crippen LogP contribution is 2.38. The van der Waals surface area contributed by atoms with Crippen molar-refractivity contribution < 1.29 is 23.8 Å². The number of benzene rings is 2. The molecule has 8 heteroatoms. The van der Waals surface area contributed by atoms with Crippen LogP contribution in [0.2, 0.25) is 5.02 Å². The number of hydrogen-bond donors (Lipinski definition) is 1. The predicted molar refractivity (Wildman–Crippen MR) is 101 cm³/mol. The van der Waals surface area contributed by atoms with Gasteiger partial charge in [0.1, 0.15) is 5.75 Å². The minimum Gasteiger partial charge on any atom is -0.493 e. The molecule has 7 nitrogen and oxygen atoms in total. The van der Waals surface area contributed by atoms with Crippen LogP contribution < -0.4 is 24.4 Å². The van der Waals surface area contributed by atoms with Gasteiger partial charge in [0.05, 0.1) is 31.5 Å². The number of fused-ring (bicyclic) bond motifs is 1. The second kappa shape index (κ2) is 7.75. The topological polar surface area (TPSA) is 77.1 Å². The lowest BCUT2D eigenvalue weighted by Gasteiger charge is -2.34. The Labute approximate surface area is 161 Å². The van der Waals surface area contributed by atoms with Crippen LogP contribution in [-0.4, -0.2) is 45.7 Å². The fourth-order valence-electron chi connectivity index (χ4n) is 2.92. The Morgan fingerprint density at radius 2 is 1.96 bits per heavy atom. The second-order valence-electron chi connectivity index (χ2n) is 5.80. The van der Waals surface area contributed by atoms with Gasteiger partial charge >= 0.3 is 0 Å². The number of para-hydroxylation sites is 2. The molecule has 0 radical (unpaired) electrons. The van der Waals surface area contributed by atoms with Crippen LogP contribution in [0.4, 0.5) is 5.69 Å². The SMILES string of the molecule is CNC(=O)C1CN(C(=O)c2cc(Cl)c(OC)c(OC)c2)c2ccccc2O1. The van der Waals surface area contributed by atoms with E-state index in [-0.39, 0.29) is 23.4 Å². The lowest BCUT2D eigenvalue weighted by atomic mass is 10.1. The molecule has 0 saturated carbocycles. The Morgan fingerprint density at radius 3 is 2.63 bits per heavy atom. The first kappa shape index (κ1) is 18.8. The highest BCUT2D eigenvalue weighted by Gasteiger charge is 2.34. The number of rotatable bonds is 4. The zero-order valence-corrected chi connectivity index (χ0v) is 15.9. The highest BCUT2D eigenvalue weighted by molar-refractivity contribution is 6.33. The molecule has 0 spiro atoms. The van der Waals surface area contributed by atoms with Crippen molar-refractivity contribution in [1.29, 1.82) is 0 Å². The summed E-state index contributed by atoms with van der Waals surface area (Å²) < 4.78 is 16.2. The Kier molecular flexibility index (Phi) is 5.41. The molecule has 142 valence electrons. The van der Waals surface area contributed by atoms with Crippen molar-refractivity contribution in [3.05, 3.63) is 47.0 Å². The first-order chi connectivity index (χ1) is 13.0. The number of hydrogen-bond acceptors (Lipinski definition) is 5. The van der Waals surface area contributed by atoms with E-state index < -0.39 is 6.10 Å². The van der Waals surface area contributed by atoms with Gasteiger partial charge in [0, 0.05) is 12.6 Å². The predicted octanol–water partition coefficient (Wildman–Crippen LogP) is 2.51. The number of halogens is 1. The summed E-state index contributed by atoms with van der Waals surface area (Å²) >= 11 is 6.23. The normalized spacial score (nSPS) is 15.4. The smallest absolute Gasteiger partial charge is 0.262 e. The molecule has 1 unspecified atom stereocenters. The van der Waals surface area contributed by atoms with Crippen LogP contribution in [-0.2, 0) is 4.79 Å². The molecule has 1 N–H and O–H groups in total. The van der Waals surface area contributed by atoms with E-state index in [0.29, 0.717) is 28.5 Å². The van der Waals surface area contributed by atoms with Crippen LogP contribution in [0.15, 0.2) is 36.4 Å². The van der Waals surface area contributed by atoms with Gasteiger partial charge < -0.3 is 24.4 Å². The summed E-state index contributed by atoms with van der Waals surface area (Å²) in [5.41, 5.74) is 0.888. The van der Waals surface area contributed by atoms with Gasteiger partial charge in [-0.15, -0.1) is 0 Å². The standard InChI is InChI=1S/C19H19ClN2O5/c1-21-18(23)16-10-22(13-6-4-5-7-14(13)27-16)19(24)11-8-12(20)17(26-3)15(9-11)25-2/h4-9,16H,10H2,1-3H3,(H,21,23). The van der Waals surface area contributed by atoms with Gasteiger partial charge in [0.2, 0.25) is 0 Å². The van der Waals surface area contributed by atoms with E-state index in [4.69, 9.17) is 25.8 Å². The Balaban J connectivity index is 2.03. The molecule has 0 fully saturated rings. The van der Waals surface area contributed by atoms with E-state index in [2.05, 4.69) is 5.32 Å². The van der Waals surface area contributed by atoms with Crippen molar-refractivity contribution in [1.82, 2.24) is 5.32 Å². The Hall–Kier alpha value is -2.93. The molecule has 0 aliphatic carbocycles. The van der Waals surface area contributed by atoms with E-state index in [1.165, 1.54) is 32.2 Å². The number of carbonyl (C=O) groups excluding carboxylic acids is 2. The molecule has 1 heterocycles. The molecule has 1 aliphatic heterocycles. The number of anilines is 1. The quantitative estimate of drug-likeness (QED) is 0.868. The molecule has 27 heavy (non-hydrogen) atoms. The molecule has 0 aromatic heterocycles. The van der Waals surface area contributed by atoms with Crippen molar-refractivity contribution in [3.8, 4) is 17.2 Å².